The number of aromatic nitrogens is 2. The number of nitrogens with one attached hydrogen (secondary N) is 1. The van der Waals surface area contributed by atoms with E-state index in [1.54, 1.807) is 0 Å². The average Bonchev–Trinajstić information content (AvgIpc) is 2.69. The van der Waals surface area contributed by atoms with Crippen LogP contribution in [0, 0.1) is 0 Å². The Balaban J connectivity index is 2.09. The molecule has 0 spiro atoms. The normalized spacial score (nSPS) is 16.9. The Morgan fingerprint density at radius 2 is 2.13 bits per heavy atom. The third-order valence-electron chi connectivity index (χ3n) is 2.82. The van der Waals surface area contributed by atoms with Gasteiger partial charge in [0, 0.05) is 18.5 Å². The van der Waals surface area contributed by atoms with E-state index in [9.17, 15) is 0 Å². The number of hydrogen-bond donors (Lipinski definition) is 2. The highest BCUT2D eigenvalue weighted by molar-refractivity contribution is 5.45. The third-order valence-corrected chi connectivity index (χ3v) is 2.82. The zero-order valence-corrected chi connectivity index (χ0v) is 9.16. The number of rotatable bonds is 3. The molecule has 82 valence electrons. The lowest BCUT2D eigenvalue weighted by atomic mass is 10.2. The number of anilines is 2. The molecule has 0 atom stereocenters. The number of nitrogens with zero attached hydrogens (tertiary/aromatic N) is 2. The lowest BCUT2D eigenvalue weighted by Gasteiger charge is -2.13. The number of aryl methyl sites for hydroxylation is 1. The summed E-state index contributed by atoms with van der Waals surface area (Å²) < 4.78 is 0. The summed E-state index contributed by atoms with van der Waals surface area (Å²) in [5.41, 5.74) is 5.72. The molecule has 1 heterocycles. The molecule has 0 bridgehead atoms. The minimum Gasteiger partial charge on any atom is -0.384 e. The molecule has 4 nitrogen and oxygen atoms in total. The summed E-state index contributed by atoms with van der Waals surface area (Å²) in [5.74, 6) is 2.25. The highest BCUT2D eigenvalue weighted by atomic mass is 15.1. The monoisotopic (exact) mass is 206 g/mol. The van der Waals surface area contributed by atoms with Crippen molar-refractivity contribution in [3.63, 3.8) is 0 Å². The van der Waals surface area contributed by atoms with Crippen LogP contribution in [-0.4, -0.2) is 16.0 Å². The molecular formula is C11H18N4. The molecule has 1 aromatic heterocycles. The first-order valence-electron chi connectivity index (χ1n) is 5.68. The minimum atomic E-state index is 0.558. The second-order valence-corrected chi connectivity index (χ2v) is 4.07. The first-order chi connectivity index (χ1) is 7.28. The molecule has 0 unspecified atom stereocenters. The van der Waals surface area contributed by atoms with Crippen molar-refractivity contribution in [2.24, 2.45) is 0 Å². The van der Waals surface area contributed by atoms with Gasteiger partial charge in [0.15, 0.2) is 0 Å². The van der Waals surface area contributed by atoms with Crippen LogP contribution in [0.4, 0.5) is 11.6 Å². The van der Waals surface area contributed by atoms with E-state index in [0.29, 0.717) is 11.9 Å². The van der Waals surface area contributed by atoms with E-state index < -0.39 is 0 Å². The lowest BCUT2D eigenvalue weighted by molar-refractivity contribution is 0.747. The Kier molecular flexibility index (Phi) is 3.04. The van der Waals surface area contributed by atoms with Gasteiger partial charge in [-0.1, -0.05) is 19.8 Å². The van der Waals surface area contributed by atoms with Gasteiger partial charge in [-0.15, -0.1) is 0 Å². The smallest absolute Gasteiger partial charge is 0.132 e. The number of nitrogen functional groups attached to an aromatic ring is 1. The molecule has 3 N–H and O–H groups in total. The molecule has 2 rings (SSSR count). The lowest BCUT2D eigenvalue weighted by Crippen LogP contribution is -2.16. The quantitative estimate of drug-likeness (QED) is 0.793. The topological polar surface area (TPSA) is 63.8 Å². The molecule has 0 aromatic carbocycles. The van der Waals surface area contributed by atoms with Crippen molar-refractivity contribution in [2.75, 3.05) is 11.1 Å². The van der Waals surface area contributed by atoms with E-state index in [4.69, 9.17) is 5.73 Å². The van der Waals surface area contributed by atoms with Gasteiger partial charge in [-0.25, -0.2) is 9.97 Å². The van der Waals surface area contributed by atoms with Gasteiger partial charge in [-0.3, -0.25) is 0 Å². The van der Waals surface area contributed by atoms with Crippen molar-refractivity contribution in [3.05, 3.63) is 11.9 Å². The van der Waals surface area contributed by atoms with Crippen molar-refractivity contribution in [1.82, 2.24) is 9.97 Å². The van der Waals surface area contributed by atoms with Crippen LogP contribution < -0.4 is 11.1 Å². The van der Waals surface area contributed by atoms with Crippen molar-refractivity contribution in [2.45, 2.75) is 45.1 Å². The zero-order chi connectivity index (χ0) is 10.7. The van der Waals surface area contributed by atoms with Gasteiger partial charge in [0.2, 0.25) is 0 Å². The standard InChI is InChI=1S/C11H18N4/c1-2-10-14-9(12)7-11(15-10)13-8-5-3-4-6-8/h7-8H,2-6H2,1H3,(H3,12,13,14,15). The Bertz CT molecular complexity index is 331. The van der Waals surface area contributed by atoms with Gasteiger partial charge in [0.25, 0.3) is 0 Å². The van der Waals surface area contributed by atoms with Crippen LogP contribution in [-0.2, 0) is 6.42 Å². The van der Waals surface area contributed by atoms with Crippen LogP contribution in [0.15, 0.2) is 6.07 Å². The van der Waals surface area contributed by atoms with Gasteiger partial charge >= 0.3 is 0 Å². The molecule has 1 aromatic rings. The van der Waals surface area contributed by atoms with E-state index in [-0.39, 0.29) is 0 Å². The van der Waals surface area contributed by atoms with Crippen molar-refractivity contribution in [1.29, 1.82) is 0 Å². The first-order valence-corrected chi connectivity index (χ1v) is 5.68. The predicted octanol–water partition coefficient (Wildman–Crippen LogP) is 1.98. The van der Waals surface area contributed by atoms with Crippen LogP contribution in [0.1, 0.15) is 38.4 Å². The van der Waals surface area contributed by atoms with Gasteiger partial charge in [-0.05, 0) is 12.8 Å². The molecule has 0 radical (unpaired) electrons. The summed E-state index contributed by atoms with van der Waals surface area (Å²) in [4.78, 5) is 8.57. The summed E-state index contributed by atoms with van der Waals surface area (Å²) in [6.45, 7) is 2.04. The van der Waals surface area contributed by atoms with Gasteiger partial charge < -0.3 is 11.1 Å². The molecule has 1 aliphatic rings. The molecule has 15 heavy (non-hydrogen) atoms. The van der Waals surface area contributed by atoms with E-state index in [2.05, 4.69) is 15.3 Å². The Morgan fingerprint density at radius 1 is 1.40 bits per heavy atom. The largest absolute Gasteiger partial charge is 0.384 e. The van der Waals surface area contributed by atoms with Crippen LogP contribution in [0.25, 0.3) is 0 Å². The highest BCUT2D eigenvalue weighted by Gasteiger charge is 2.15. The van der Waals surface area contributed by atoms with Crippen LogP contribution >= 0.6 is 0 Å². The molecule has 1 saturated carbocycles. The van der Waals surface area contributed by atoms with Crippen molar-refractivity contribution in [3.8, 4) is 0 Å². The summed E-state index contributed by atoms with van der Waals surface area (Å²) in [6.07, 6.45) is 5.94. The Labute approximate surface area is 90.3 Å². The summed E-state index contributed by atoms with van der Waals surface area (Å²) in [7, 11) is 0. The van der Waals surface area contributed by atoms with E-state index >= 15 is 0 Å². The molecule has 4 heteroatoms. The molecule has 0 amide bonds. The maximum atomic E-state index is 5.72. The van der Waals surface area contributed by atoms with E-state index in [1.165, 1.54) is 25.7 Å². The average molecular weight is 206 g/mol. The highest BCUT2D eigenvalue weighted by Crippen LogP contribution is 2.21. The summed E-state index contributed by atoms with van der Waals surface area (Å²) >= 11 is 0. The zero-order valence-electron chi connectivity index (χ0n) is 9.16. The maximum absolute atomic E-state index is 5.72. The van der Waals surface area contributed by atoms with Gasteiger partial charge in [0.05, 0.1) is 0 Å². The SMILES string of the molecule is CCc1nc(N)cc(NC2CCCC2)n1. The minimum absolute atomic E-state index is 0.558. The van der Waals surface area contributed by atoms with E-state index in [0.717, 1.165) is 18.1 Å². The summed E-state index contributed by atoms with van der Waals surface area (Å²) in [5, 5.41) is 3.43. The van der Waals surface area contributed by atoms with Crippen LogP contribution in [0.5, 0.6) is 0 Å². The summed E-state index contributed by atoms with van der Waals surface area (Å²) in [6, 6.07) is 2.39. The maximum Gasteiger partial charge on any atom is 0.132 e. The fourth-order valence-electron chi connectivity index (χ4n) is 2.03. The van der Waals surface area contributed by atoms with E-state index in [1.807, 2.05) is 13.0 Å². The Morgan fingerprint density at radius 3 is 2.80 bits per heavy atom. The number of hydrogen-bond acceptors (Lipinski definition) is 4. The van der Waals surface area contributed by atoms with Gasteiger partial charge in [-0.2, -0.15) is 0 Å². The molecular weight excluding hydrogens is 188 g/mol. The van der Waals surface area contributed by atoms with Crippen LogP contribution in [0.3, 0.4) is 0 Å². The predicted molar refractivity (Wildman–Crippen MR) is 61.7 cm³/mol. The molecule has 1 fully saturated rings. The second kappa shape index (κ2) is 4.47. The third kappa shape index (κ3) is 2.58. The molecule has 1 aliphatic carbocycles. The first kappa shape index (κ1) is 10.2. The van der Waals surface area contributed by atoms with Crippen molar-refractivity contribution >= 4 is 11.6 Å². The molecule has 0 aliphatic heterocycles. The fraction of sp³-hybridized carbons (Fsp3) is 0.636. The molecule has 0 saturated heterocycles. The van der Waals surface area contributed by atoms with Crippen LogP contribution in [0.2, 0.25) is 0 Å². The Hall–Kier alpha value is -1.32. The van der Waals surface area contributed by atoms with Gasteiger partial charge in [0.1, 0.15) is 17.5 Å². The fourth-order valence-corrected chi connectivity index (χ4v) is 2.03. The number of nitrogens with two attached hydrogens (primary N) is 1. The van der Waals surface area contributed by atoms with Crippen molar-refractivity contribution < 1.29 is 0 Å². The second-order valence-electron chi connectivity index (χ2n) is 4.07.